The molecule has 0 saturated heterocycles. The molecule has 3 aromatic rings. The zero-order valence-corrected chi connectivity index (χ0v) is 17.7. The molecule has 0 fully saturated rings. The maximum atomic E-state index is 9.97. The van der Waals surface area contributed by atoms with Gasteiger partial charge in [0.2, 0.25) is 0 Å². The Kier molecular flexibility index (Phi) is 6.82. The van der Waals surface area contributed by atoms with Crippen molar-refractivity contribution in [2.24, 2.45) is 0 Å². The molecule has 0 saturated carbocycles. The van der Waals surface area contributed by atoms with Gasteiger partial charge < -0.3 is 15.2 Å². The quantitative estimate of drug-likeness (QED) is 0.504. The predicted octanol–water partition coefficient (Wildman–Crippen LogP) is 5.07. The van der Waals surface area contributed by atoms with Crippen LogP contribution >= 0.6 is 27.3 Å². The van der Waals surface area contributed by atoms with Gasteiger partial charge in [0.15, 0.2) is 0 Å². The topological polar surface area (TPSA) is 67.3 Å². The van der Waals surface area contributed by atoms with Crippen LogP contribution in [0.5, 0.6) is 5.75 Å². The van der Waals surface area contributed by atoms with Gasteiger partial charge >= 0.3 is 0 Å². The lowest BCUT2D eigenvalue weighted by molar-refractivity contribution is 0.196. The number of hydrogen-bond donors (Lipinski definition) is 2. The number of aromatic nitrogens is 2. The summed E-state index contributed by atoms with van der Waals surface area (Å²) in [6.45, 7) is 5.02. The summed E-state index contributed by atoms with van der Waals surface area (Å²) in [5, 5.41) is 13.3. The van der Waals surface area contributed by atoms with Gasteiger partial charge in [-0.3, -0.25) is 0 Å². The Morgan fingerprint density at radius 3 is 2.70 bits per heavy atom. The fraction of sp³-hybridized carbons (Fsp3) is 0.300. The van der Waals surface area contributed by atoms with Crippen LogP contribution in [-0.2, 0) is 6.42 Å². The van der Waals surface area contributed by atoms with Crippen molar-refractivity contribution in [1.82, 2.24) is 9.97 Å². The zero-order chi connectivity index (χ0) is 19.2. The van der Waals surface area contributed by atoms with Crippen molar-refractivity contribution in [3.05, 3.63) is 57.6 Å². The maximum Gasteiger partial charge on any atom is 0.136 e. The van der Waals surface area contributed by atoms with Crippen LogP contribution in [0, 0.1) is 0 Å². The third-order valence-electron chi connectivity index (χ3n) is 3.96. The minimum Gasteiger partial charge on any atom is -0.493 e. The number of nitrogens with zero attached hydrogens (tertiary/aromatic N) is 2. The highest BCUT2D eigenvalue weighted by atomic mass is 79.9. The van der Waals surface area contributed by atoms with E-state index >= 15 is 0 Å². The van der Waals surface area contributed by atoms with E-state index in [1.165, 1.54) is 16.9 Å². The number of anilines is 1. The summed E-state index contributed by atoms with van der Waals surface area (Å²) < 4.78 is 6.72. The average molecular weight is 448 g/mol. The van der Waals surface area contributed by atoms with Crippen LogP contribution < -0.4 is 10.1 Å². The van der Waals surface area contributed by atoms with Gasteiger partial charge in [-0.15, -0.1) is 11.3 Å². The molecule has 2 N–H and O–H groups in total. The maximum absolute atomic E-state index is 9.97. The van der Waals surface area contributed by atoms with Crippen molar-refractivity contribution in [3.8, 4) is 16.3 Å². The lowest BCUT2D eigenvalue weighted by atomic mass is 10.1. The molecule has 2 aromatic heterocycles. The van der Waals surface area contributed by atoms with Gasteiger partial charge in [0.25, 0.3) is 0 Å². The van der Waals surface area contributed by atoms with E-state index in [4.69, 9.17) is 4.74 Å². The van der Waals surface area contributed by atoms with Crippen LogP contribution in [0.4, 0.5) is 5.82 Å². The first-order valence-electron chi connectivity index (χ1n) is 8.82. The first kappa shape index (κ1) is 19.8. The monoisotopic (exact) mass is 447 g/mol. The summed E-state index contributed by atoms with van der Waals surface area (Å²) in [4.78, 5) is 10.4. The van der Waals surface area contributed by atoms with Gasteiger partial charge in [-0.2, -0.15) is 0 Å². The van der Waals surface area contributed by atoms with Crippen LogP contribution in [0.3, 0.4) is 0 Å². The summed E-state index contributed by atoms with van der Waals surface area (Å²) in [5.74, 6) is 1.50. The molecule has 27 heavy (non-hydrogen) atoms. The fourth-order valence-electron chi connectivity index (χ4n) is 2.65. The molecule has 0 aliphatic rings. The number of halogens is 1. The van der Waals surface area contributed by atoms with Crippen LogP contribution in [0.1, 0.15) is 30.4 Å². The van der Waals surface area contributed by atoms with Gasteiger partial charge in [0.1, 0.15) is 17.9 Å². The predicted molar refractivity (Wildman–Crippen MR) is 113 cm³/mol. The summed E-state index contributed by atoms with van der Waals surface area (Å²) in [7, 11) is 0. The largest absolute Gasteiger partial charge is 0.493 e. The summed E-state index contributed by atoms with van der Waals surface area (Å²) in [6.07, 6.45) is 1.89. The van der Waals surface area contributed by atoms with Crippen LogP contribution in [-0.4, -0.2) is 28.2 Å². The van der Waals surface area contributed by atoms with E-state index in [2.05, 4.69) is 43.3 Å². The number of ether oxygens (including phenoxy) is 1. The number of aliphatic hydroxyl groups is 1. The number of rotatable bonds is 8. The molecule has 0 aliphatic carbocycles. The van der Waals surface area contributed by atoms with Gasteiger partial charge in [0.05, 0.1) is 28.2 Å². The number of hydrogen-bond acceptors (Lipinski definition) is 6. The molecule has 1 aromatic carbocycles. The molecule has 7 heteroatoms. The Morgan fingerprint density at radius 1 is 1.22 bits per heavy atom. The Morgan fingerprint density at radius 2 is 2.00 bits per heavy atom. The lowest BCUT2D eigenvalue weighted by Gasteiger charge is -2.06. The molecule has 0 amide bonds. The lowest BCUT2D eigenvalue weighted by Crippen LogP contribution is -2.06. The minimum atomic E-state index is -0.573. The van der Waals surface area contributed by atoms with Crippen LogP contribution in [0.25, 0.3) is 10.6 Å². The third-order valence-corrected chi connectivity index (χ3v) is 5.79. The summed E-state index contributed by atoms with van der Waals surface area (Å²) in [6, 6.07) is 12.2. The molecule has 0 bridgehead atoms. The highest BCUT2D eigenvalue weighted by molar-refractivity contribution is 9.10. The molecule has 1 unspecified atom stereocenters. The van der Waals surface area contributed by atoms with Crippen molar-refractivity contribution in [1.29, 1.82) is 0 Å². The SMILES string of the molecule is CCOc1cc(-c2cc(NCCc3ccc(Br)cc3)ncn2)sc1C(C)O. The molecule has 5 nitrogen and oxygen atoms in total. The zero-order valence-electron chi connectivity index (χ0n) is 15.3. The van der Waals surface area contributed by atoms with Crippen LogP contribution in [0.2, 0.25) is 0 Å². The van der Waals surface area contributed by atoms with Gasteiger partial charge in [-0.05, 0) is 38.0 Å². The number of benzene rings is 1. The highest BCUT2D eigenvalue weighted by Crippen LogP contribution is 2.39. The normalized spacial score (nSPS) is 12.0. The molecule has 3 rings (SSSR count). The fourth-order valence-corrected chi connectivity index (χ4v) is 3.92. The second kappa shape index (κ2) is 9.30. The highest BCUT2D eigenvalue weighted by Gasteiger charge is 2.16. The molecule has 0 spiro atoms. The summed E-state index contributed by atoms with van der Waals surface area (Å²) >= 11 is 4.94. The number of thiophene rings is 1. The number of nitrogens with one attached hydrogen (secondary N) is 1. The molecule has 0 radical (unpaired) electrons. The van der Waals surface area contributed by atoms with Crippen LogP contribution in [0.15, 0.2) is 47.2 Å². The Labute approximate surface area is 171 Å². The van der Waals surface area contributed by atoms with Crippen molar-refractivity contribution in [2.75, 3.05) is 18.5 Å². The second-order valence-corrected chi connectivity index (χ2v) is 8.04. The smallest absolute Gasteiger partial charge is 0.136 e. The van der Waals surface area contributed by atoms with E-state index in [0.717, 1.165) is 44.5 Å². The molecule has 0 aliphatic heterocycles. The molecular formula is C20H22BrN3O2S. The van der Waals surface area contributed by atoms with Crippen molar-refractivity contribution < 1.29 is 9.84 Å². The van der Waals surface area contributed by atoms with E-state index < -0.39 is 6.10 Å². The van der Waals surface area contributed by atoms with E-state index in [0.29, 0.717) is 6.61 Å². The van der Waals surface area contributed by atoms with E-state index in [1.807, 2.05) is 31.2 Å². The molecule has 1 atom stereocenters. The number of aliphatic hydroxyl groups excluding tert-OH is 1. The summed E-state index contributed by atoms with van der Waals surface area (Å²) in [5.41, 5.74) is 2.08. The first-order valence-corrected chi connectivity index (χ1v) is 10.4. The Bertz CT molecular complexity index is 881. The van der Waals surface area contributed by atoms with Crippen molar-refractivity contribution >= 4 is 33.1 Å². The minimum absolute atomic E-state index is 0.558. The molecule has 2 heterocycles. The van der Waals surface area contributed by atoms with Gasteiger partial charge in [-0.1, -0.05) is 28.1 Å². The third kappa shape index (κ3) is 5.28. The van der Waals surface area contributed by atoms with E-state index in [-0.39, 0.29) is 0 Å². The van der Waals surface area contributed by atoms with Crippen molar-refractivity contribution in [2.45, 2.75) is 26.4 Å². The van der Waals surface area contributed by atoms with Gasteiger partial charge in [-0.25, -0.2) is 9.97 Å². The van der Waals surface area contributed by atoms with E-state index in [1.54, 1.807) is 13.3 Å². The average Bonchev–Trinajstić information content (AvgIpc) is 3.08. The Hall–Kier alpha value is -1.96. The molecule has 142 valence electrons. The molecular weight excluding hydrogens is 426 g/mol. The van der Waals surface area contributed by atoms with E-state index in [9.17, 15) is 5.11 Å². The standard InChI is InChI=1S/C20H22BrN3O2S/c1-3-26-17-11-18(27-20(17)13(2)25)16-10-19(24-12-23-16)22-9-8-14-4-6-15(21)7-5-14/h4-7,10-13,25H,3,8-9H2,1-2H3,(H,22,23,24). The van der Waals surface area contributed by atoms with Gasteiger partial charge in [0, 0.05) is 23.2 Å². The Balaban J connectivity index is 1.69. The first-order chi connectivity index (χ1) is 13.1. The second-order valence-electron chi connectivity index (χ2n) is 6.04. The van der Waals surface area contributed by atoms with Crippen molar-refractivity contribution in [3.63, 3.8) is 0 Å².